The predicted octanol–water partition coefficient (Wildman–Crippen LogP) is 3.31. The average molecular weight is 421 g/mol. The normalized spacial score (nSPS) is 11.2. The molecule has 0 saturated heterocycles. The zero-order valence-corrected chi connectivity index (χ0v) is 17.4. The average Bonchev–Trinajstić information content (AvgIpc) is 2.70. The Morgan fingerprint density at radius 1 is 1.03 bits per heavy atom. The van der Waals surface area contributed by atoms with Gasteiger partial charge in [0.1, 0.15) is 11.6 Å². The summed E-state index contributed by atoms with van der Waals surface area (Å²) < 4.78 is 27.1. The Labute approximate surface area is 174 Å². The molecule has 0 aliphatic carbocycles. The number of nitrogens with zero attached hydrogens (tertiary/aromatic N) is 1. The highest BCUT2D eigenvalue weighted by molar-refractivity contribution is 7.97. The second-order valence-corrected chi connectivity index (χ2v) is 7.07. The number of guanidine groups is 1. The molecule has 3 N–H and O–H groups in total. The zero-order valence-electron chi connectivity index (χ0n) is 16.6. The van der Waals surface area contributed by atoms with Crippen LogP contribution in [0.25, 0.3) is 0 Å². The Hall–Kier alpha value is -2.61. The van der Waals surface area contributed by atoms with Gasteiger partial charge >= 0.3 is 0 Å². The summed E-state index contributed by atoms with van der Waals surface area (Å²) in [4.78, 5) is 16.6. The Morgan fingerprint density at radius 3 is 2.52 bits per heavy atom. The van der Waals surface area contributed by atoms with Crippen molar-refractivity contribution in [1.29, 1.82) is 0 Å². The van der Waals surface area contributed by atoms with Gasteiger partial charge < -0.3 is 16.0 Å². The van der Waals surface area contributed by atoms with Gasteiger partial charge in [0.25, 0.3) is 5.91 Å². The number of carbonyl (C=O) groups excluding carboxylic acids is 1. The predicted molar refractivity (Wildman–Crippen MR) is 115 cm³/mol. The maximum Gasteiger partial charge on any atom is 0.254 e. The van der Waals surface area contributed by atoms with E-state index in [0.29, 0.717) is 37.9 Å². The van der Waals surface area contributed by atoms with Crippen molar-refractivity contribution in [2.75, 3.05) is 25.9 Å². The third-order valence-corrected chi connectivity index (χ3v) is 4.64. The highest BCUT2D eigenvalue weighted by Gasteiger charge is 2.10. The second kappa shape index (κ2) is 12.1. The van der Waals surface area contributed by atoms with E-state index in [9.17, 15) is 13.6 Å². The highest BCUT2D eigenvalue weighted by atomic mass is 32.2. The van der Waals surface area contributed by atoms with Gasteiger partial charge in [-0.25, -0.2) is 13.8 Å². The van der Waals surface area contributed by atoms with E-state index in [2.05, 4.69) is 20.9 Å². The van der Waals surface area contributed by atoms with Crippen LogP contribution in [0.3, 0.4) is 0 Å². The minimum absolute atomic E-state index is 0.0192. The molecule has 0 unspecified atom stereocenters. The Bertz CT molecular complexity index is 845. The molecule has 0 atom stereocenters. The quantitative estimate of drug-likeness (QED) is 0.331. The van der Waals surface area contributed by atoms with Gasteiger partial charge in [-0.15, -0.1) is 0 Å². The fraction of sp³-hybridized carbons (Fsp3) is 0.333. The third kappa shape index (κ3) is 7.38. The van der Waals surface area contributed by atoms with Crippen molar-refractivity contribution >= 4 is 23.6 Å². The number of amides is 1. The Balaban J connectivity index is 1.90. The van der Waals surface area contributed by atoms with E-state index in [1.54, 1.807) is 36.0 Å². The summed E-state index contributed by atoms with van der Waals surface area (Å²) in [6.07, 6.45) is 1.97. The molecular formula is C21H26F2N4OS. The van der Waals surface area contributed by atoms with Crippen LogP contribution in [0.15, 0.2) is 47.5 Å². The topological polar surface area (TPSA) is 65.5 Å². The van der Waals surface area contributed by atoms with Crippen LogP contribution in [0.2, 0.25) is 0 Å². The lowest BCUT2D eigenvalue weighted by atomic mass is 10.1. The number of carbonyl (C=O) groups is 1. The van der Waals surface area contributed by atoms with Gasteiger partial charge in [-0.2, -0.15) is 11.8 Å². The van der Waals surface area contributed by atoms with Crippen molar-refractivity contribution < 1.29 is 13.6 Å². The molecular weight excluding hydrogens is 394 g/mol. The van der Waals surface area contributed by atoms with Crippen LogP contribution in [0.1, 0.15) is 28.4 Å². The molecule has 5 nitrogen and oxygen atoms in total. The van der Waals surface area contributed by atoms with Gasteiger partial charge in [-0.3, -0.25) is 4.79 Å². The molecule has 0 aromatic heterocycles. The fourth-order valence-corrected chi connectivity index (χ4v) is 3.22. The third-order valence-electron chi connectivity index (χ3n) is 4.04. The molecule has 0 heterocycles. The van der Waals surface area contributed by atoms with E-state index in [-0.39, 0.29) is 11.4 Å². The summed E-state index contributed by atoms with van der Waals surface area (Å²) in [5, 5.41) is 8.93. The smallest absolute Gasteiger partial charge is 0.254 e. The van der Waals surface area contributed by atoms with Gasteiger partial charge in [-0.1, -0.05) is 18.2 Å². The number of rotatable bonds is 9. The summed E-state index contributed by atoms with van der Waals surface area (Å²) in [6.45, 7) is 3.77. The summed E-state index contributed by atoms with van der Waals surface area (Å²) in [5.41, 5.74) is 1.91. The van der Waals surface area contributed by atoms with Crippen LogP contribution in [0.5, 0.6) is 0 Å². The molecule has 0 bridgehead atoms. The SMILES string of the molecule is CCNC(=NCc1ccc(F)cc1CSC)NCCNC(=O)c1ccccc1F. The van der Waals surface area contributed by atoms with Gasteiger partial charge in [0.2, 0.25) is 0 Å². The summed E-state index contributed by atoms with van der Waals surface area (Å²) in [5.74, 6) is 0.0480. The number of hydrogen-bond acceptors (Lipinski definition) is 3. The number of hydrogen-bond donors (Lipinski definition) is 3. The summed E-state index contributed by atoms with van der Waals surface area (Å²) in [7, 11) is 0. The number of nitrogens with one attached hydrogen (secondary N) is 3. The van der Waals surface area contributed by atoms with Crippen LogP contribution in [-0.4, -0.2) is 37.8 Å². The maximum absolute atomic E-state index is 13.6. The number of thioether (sulfide) groups is 1. The molecule has 2 rings (SSSR count). The van der Waals surface area contributed by atoms with E-state index in [1.165, 1.54) is 18.2 Å². The number of benzene rings is 2. The van der Waals surface area contributed by atoms with Crippen LogP contribution in [0.4, 0.5) is 8.78 Å². The number of aliphatic imine (C=N–C) groups is 1. The molecule has 0 fully saturated rings. The monoisotopic (exact) mass is 420 g/mol. The molecule has 0 spiro atoms. The molecule has 0 saturated carbocycles. The summed E-state index contributed by atoms with van der Waals surface area (Å²) >= 11 is 1.63. The van der Waals surface area contributed by atoms with E-state index in [0.717, 1.165) is 11.1 Å². The zero-order chi connectivity index (χ0) is 21.1. The molecule has 2 aromatic rings. The maximum atomic E-state index is 13.6. The minimum atomic E-state index is -0.548. The van der Waals surface area contributed by atoms with E-state index >= 15 is 0 Å². The Morgan fingerprint density at radius 2 is 1.79 bits per heavy atom. The molecule has 8 heteroatoms. The molecule has 1 amide bonds. The Kier molecular flexibility index (Phi) is 9.43. The first-order valence-electron chi connectivity index (χ1n) is 9.36. The lowest BCUT2D eigenvalue weighted by Gasteiger charge is -2.13. The highest BCUT2D eigenvalue weighted by Crippen LogP contribution is 2.17. The fourth-order valence-electron chi connectivity index (χ4n) is 2.64. The largest absolute Gasteiger partial charge is 0.357 e. The van der Waals surface area contributed by atoms with Crippen LogP contribution in [0, 0.1) is 11.6 Å². The minimum Gasteiger partial charge on any atom is -0.357 e. The van der Waals surface area contributed by atoms with Gasteiger partial charge in [-0.05, 0) is 48.6 Å². The van der Waals surface area contributed by atoms with Gasteiger partial charge in [0, 0.05) is 25.4 Å². The molecule has 0 radical (unpaired) electrons. The second-order valence-electron chi connectivity index (χ2n) is 6.20. The molecule has 29 heavy (non-hydrogen) atoms. The van der Waals surface area contributed by atoms with Crippen molar-refractivity contribution in [2.45, 2.75) is 19.2 Å². The first kappa shape index (κ1) is 22.7. The van der Waals surface area contributed by atoms with Gasteiger partial charge in [0.05, 0.1) is 12.1 Å². The molecule has 0 aliphatic rings. The van der Waals surface area contributed by atoms with Crippen LogP contribution in [-0.2, 0) is 12.3 Å². The van der Waals surface area contributed by atoms with Crippen molar-refractivity contribution in [3.8, 4) is 0 Å². The standard InChI is InChI=1S/C21H26F2N4OS/c1-3-24-21(27-13-15-8-9-17(22)12-16(15)14-29-2)26-11-10-25-20(28)18-6-4-5-7-19(18)23/h4-9,12H,3,10-11,13-14H2,1-2H3,(H,25,28)(H2,24,26,27). The van der Waals surface area contributed by atoms with E-state index in [4.69, 9.17) is 0 Å². The van der Waals surface area contributed by atoms with E-state index < -0.39 is 11.7 Å². The van der Waals surface area contributed by atoms with Crippen molar-refractivity contribution in [3.63, 3.8) is 0 Å². The van der Waals surface area contributed by atoms with Crippen molar-refractivity contribution in [3.05, 3.63) is 70.8 Å². The van der Waals surface area contributed by atoms with Crippen molar-refractivity contribution in [1.82, 2.24) is 16.0 Å². The first-order valence-corrected chi connectivity index (χ1v) is 10.8. The lowest BCUT2D eigenvalue weighted by molar-refractivity contribution is 0.0950. The van der Waals surface area contributed by atoms with E-state index in [1.807, 2.05) is 13.2 Å². The lowest BCUT2D eigenvalue weighted by Crippen LogP contribution is -2.41. The van der Waals surface area contributed by atoms with Crippen LogP contribution < -0.4 is 16.0 Å². The van der Waals surface area contributed by atoms with Gasteiger partial charge in [0.15, 0.2) is 5.96 Å². The van der Waals surface area contributed by atoms with Crippen LogP contribution >= 0.6 is 11.8 Å². The number of halogens is 2. The molecule has 0 aliphatic heterocycles. The molecule has 156 valence electrons. The first-order chi connectivity index (χ1) is 14.0. The summed E-state index contributed by atoms with van der Waals surface area (Å²) in [6, 6.07) is 10.6. The van der Waals surface area contributed by atoms with Crippen molar-refractivity contribution in [2.24, 2.45) is 4.99 Å². The molecule has 2 aromatic carbocycles.